The minimum atomic E-state index is -0.104. The summed E-state index contributed by atoms with van der Waals surface area (Å²) in [6, 6.07) is 0. The van der Waals surface area contributed by atoms with Crippen LogP contribution in [0.1, 0.15) is 13.3 Å². The molecule has 7 heteroatoms. The van der Waals surface area contributed by atoms with E-state index in [2.05, 4.69) is 41.0 Å². The average molecular weight is 350 g/mol. The van der Waals surface area contributed by atoms with Gasteiger partial charge in [-0.25, -0.2) is 0 Å². The number of likely N-dealkylation sites (tertiary alicyclic amines) is 1. The maximum atomic E-state index is 12.6. The summed E-state index contributed by atoms with van der Waals surface area (Å²) in [5.74, 6) is 1.08. The molecular formula is C17H26N4O2S. The zero-order chi connectivity index (χ0) is 17.3. The number of aliphatic imine (C=N–C) groups is 1. The van der Waals surface area contributed by atoms with E-state index in [1.165, 1.54) is 4.90 Å². The zero-order valence-electron chi connectivity index (χ0n) is 14.5. The highest BCUT2D eigenvalue weighted by Gasteiger charge is 2.58. The Morgan fingerprint density at radius 3 is 2.46 bits per heavy atom. The second-order valence-electron chi connectivity index (χ2n) is 6.75. The maximum Gasteiger partial charge on any atom is 0.233 e. The van der Waals surface area contributed by atoms with Crippen LogP contribution in [0.4, 0.5) is 0 Å². The number of guanidine groups is 1. The Bertz CT molecular complexity index is 547. The van der Waals surface area contributed by atoms with Gasteiger partial charge in [0.15, 0.2) is 5.96 Å². The summed E-state index contributed by atoms with van der Waals surface area (Å²) in [6.45, 7) is 3.89. The van der Waals surface area contributed by atoms with Crippen molar-refractivity contribution >= 4 is 29.5 Å². The van der Waals surface area contributed by atoms with Gasteiger partial charge in [-0.05, 0) is 24.5 Å². The molecule has 0 aromatic carbocycles. The molecule has 3 rings (SSSR count). The van der Waals surface area contributed by atoms with Gasteiger partial charge in [-0.15, -0.1) is 0 Å². The van der Waals surface area contributed by atoms with Crippen LogP contribution in [-0.2, 0) is 9.59 Å². The second kappa shape index (κ2) is 7.17. The summed E-state index contributed by atoms with van der Waals surface area (Å²) in [5, 5.41) is 6.93. The molecule has 0 spiro atoms. The topological polar surface area (TPSA) is 73.8 Å². The molecule has 3 aliphatic rings. The van der Waals surface area contributed by atoms with Crippen molar-refractivity contribution < 1.29 is 9.59 Å². The molecule has 5 atom stereocenters. The minimum absolute atomic E-state index is 0.0163. The van der Waals surface area contributed by atoms with E-state index >= 15 is 0 Å². The van der Waals surface area contributed by atoms with Crippen LogP contribution in [0.3, 0.4) is 0 Å². The van der Waals surface area contributed by atoms with E-state index in [0.717, 1.165) is 13.0 Å². The molecule has 5 unspecified atom stereocenters. The molecule has 0 aromatic heterocycles. The van der Waals surface area contributed by atoms with Gasteiger partial charge in [0.05, 0.1) is 11.8 Å². The molecule has 132 valence electrons. The van der Waals surface area contributed by atoms with Gasteiger partial charge in [0.1, 0.15) is 0 Å². The third-order valence-electron chi connectivity index (χ3n) is 5.37. The van der Waals surface area contributed by atoms with E-state index in [-0.39, 0.29) is 35.5 Å². The fourth-order valence-corrected chi connectivity index (χ4v) is 4.26. The summed E-state index contributed by atoms with van der Waals surface area (Å²) >= 11 is 1.79. The number of hydrogen-bond acceptors (Lipinski definition) is 4. The van der Waals surface area contributed by atoms with Crippen LogP contribution < -0.4 is 10.6 Å². The number of hydrogen-bond donors (Lipinski definition) is 2. The minimum Gasteiger partial charge on any atom is -0.355 e. The van der Waals surface area contributed by atoms with Crippen molar-refractivity contribution in [3.63, 3.8) is 0 Å². The van der Waals surface area contributed by atoms with Crippen molar-refractivity contribution in [2.75, 3.05) is 32.9 Å². The third kappa shape index (κ3) is 3.06. The van der Waals surface area contributed by atoms with Crippen molar-refractivity contribution in [2.24, 2.45) is 28.7 Å². The van der Waals surface area contributed by atoms with Crippen molar-refractivity contribution in [2.45, 2.75) is 18.6 Å². The predicted molar refractivity (Wildman–Crippen MR) is 96.8 cm³/mol. The number of rotatable bonds is 6. The summed E-state index contributed by atoms with van der Waals surface area (Å²) < 4.78 is 0. The van der Waals surface area contributed by atoms with Gasteiger partial charge in [-0.3, -0.25) is 19.5 Å². The Hall–Kier alpha value is -1.50. The Kier molecular flexibility index (Phi) is 5.18. The first-order valence-electron chi connectivity index (χ1n) is 8.57. The molecule has 1 heterocycles. The largest absolute Gasteiger partial charge is 0.355 e. The fraction of sp³-hybridized carbons (Fsp3) is 0.706. The molecule has 1 aliphatic heterocycles. The molecule has 6 nitrogen and oxygen atoms in total. The number of thioether (sulfide) groups is 1. The first kappa shape index (κ1) is 17.3. The van der Waals surface area contributed by atoms with Gasteiger partial charge in [0.25, 0.3) is 0 Å². The number of carbonyl (C=O) groups is 2. The zero-order valence-corrected chi connectivity index (χ0v) is 15.3. The van der Waals surface area contributed by atoms with E-state index in [1.54, 1.807) is 18.8 Å². The average Bonchev–Trinajstić information content (AvgIpc) is 3.26. The molecule has 2 bridgehead atoms. The van der Waals surface area contributed by atoms with Crippen molar-refractivity contribution in [3.05, 3.63) is 12.2 Å². The highest BCUT2D eigenvalue weighted by Crippen LogP contribution is 2.52. The highest BCUT2D eigenvalue weighted by atomic mass is 32.2. The van der Waals surface area contributed by atoms with Gasteiger partial charge in [0, 0.05) is 31.9 Å². The lowest BCUT2D eigenvalue weighted by Crippen LogP contribution is -2.44. The Morgan fingerprint density at radius 1 is 1.29 bits per heavy atom. The smallest absolute Gasteiger partial charge is 0.233 e. The molecule has 2 amide bonds. The van der Waals surface area contributed by atoms with Crippen LogP contribution in [0.2, 0.25) is 0 Å². The lowest BCUT2D eigenvalue weighted by Gasteiger charge is -2.19. The van der Waals surface area contributed by atoms with E-state index < -0.39 is 0 Å². The second-order valence-corrected chi connectivity index (χ2v) is 8.03. The molecule has 0 aromatic rings. The van der Waals surface area contributed by atoms with Gasteiger partial charge < -0.3 is 10.6 Å². The quantitative estimate of drug-likeness (QED) is 0.319. The van der Waals surface area contributed by atoms with Crippen LogP contribution in [0.25, 0.3) is 0 Å². The Labute approximate surface area is 147 Å². The Morgan fingerprint density at radius 2 is 1.92 bits per heavy atom. The molecule has 1 saturated heterocycles. The number of nitrogens with one attached hydrogen (secondary N) is 2. The standard InChI is InChI=1S/C17H26N4O2S/c1-10(24-3)9-20-17(18-2)19-6-7-21-15(22)13-11-4-5-12(8-11)14(13)16(21)23/h4-5,10-14H,6-9H2,1-3H3,(H2,18,19,20). The monoisotopic (exact) mass is 350 g/mol. The lowest BCUT2D eigenvalue weighted by atomic mass is 9.85. The van der Waals surface area contributed by atoms with E-state index in [0.29, 0.717) is 24.3 Å². The maximum absolute atomic E-state index is 12.6. The van der Waals surface area contributed by atoms with Gasteiger partial charge in [-0.2, -0.15) is 11.8 Å². The molecule has 1 saturated carbocycles. The highest BCUT2D eigenvalue weighted by molar-refractivity contribution is 7.99. The van der Waals surface area contributed by atoms with Gasteiger partial charge in [-0.1, -0.05) is 19.1 Å². The summed E-state index contributed by atoms with van der Waals surface area (Å²) in [4.78, 5) is 30.8. The fourth-order valence-electron chi connectivity index (χ4n) is 4.01. The lowest BCUT2D eigenvalue weighted by molar-refractivity contribution is -0.140. The van der Waals surface area contributed by atoms with Crippen LogP contribution in [-0.4, -0.2) is 60.9 Å². The van der Waals surface area contributed by atoms with E-state index in [9.17, 15) is 9.59 Å². The normalized spacial score (nSPS) is 32.5. The van der Waals surface area contributed by atoms with Gasteiger partial charge >= 0.3 is 0 Å². The molecule has 2 N–H and O–H groups in total. The van der Waals surface area contributed by atoms with Crippen LogP contribution in [0.15, 0.2) is 17.1 Å². The summed E-state index contributed by atoms with van der Waals surface area (Å²) in [6.07, 6.45) is 7.30. The Balaban J connectivity index is 1.49. The predicted octanol–water partition coefficient (Wildman–Crippen LogP) is 0.710. The number of carbonyl (C=O) groups excluding carboxylic acids is 2. The number of allylic oxidation sites excluding steroid dienone is 2. The molecular weight excluding hydrogens is 324 g/mol. The number of imide groups is 1. The number of amides is 2. The van der Waals surface area contributed by atoms with Crippen molar-refractivity contribution in [3.8, 4) is 0 Å². The van der Waals surface area contributed by atoms with Crippen LogP contribution in [0.5, 0.6) is 0 Å². The van der Waals surface area contributed by atoms with Crippen molar-refractivity contribution in [1.82, 2.24) is 15.5 Å². The summed E-state index contributed by atoms with van der Waals surface area (Å²) in [5.41, 5.74) is 0. The first-order chi connectivity index (χ1) is 11.6. The first-order valence-corrected chi connectivity index (χ1v) is 9.86. The molecule has 2 fully saturated rings. The van der Waals surface area contributed by atoms with Crippen LogP contribution in [0, 0.1) is 23.7 Å². The van der Waals surface area contributed by atoms with Crippen LogP contribution >= 0.6 is 11.8 Å². The third-order valence-corrected chi connectivity index (χ3v) is 6.34. The van der Waals surface area contributed by atoms with Crippen molar-refractivity contribution in [1.29, 1.82) is 0 Å². The van der Waals surface area contributed by atoms with E-state index in [4.69, 9.17) is 0 Å². The van der Waals surface area contributed by atoms with E-state index in [1.807, 2.05) is 0 Å². The molecule has 2 aliphatic carbocycles. The number of fused-ring (bicyclic) bond motifs is 5. The van der Waals surface area contributed by atoms with Gasteiger partial charge in [0.2, 0.25) is 11.8 Å². The molecule has 0 radical (unpaired) electrons. The molecule has 24 heavy (non-hydrogen) atoms. The summed E-state index contributed by atoms with van der Waals surface area (Å²) in [7, 11) is 1.72. The number of nitrogens with zero attached hydrogens (tertiary/aromatic N) is 2. The SMILES string of the molecule is CN=C(NCCN1C(=O)C2C3C=CC(C3)C2C1=O)NCC(C)SC.